The molecule has 0 N–H and O–H groups in total. The normalized spacial score (nSPS) is 10.4. The van der Waals surface area contributed by atoms with Crippen LogP contribution in [-0.4, -0.2) is 11.9 Å². The Kier molecular flexibility index (Phi) is 7.11. The maximum atomic E-state index is 11.8. The summed E-state index contributed by atoms with van der Waals surface area (Å²) >= 11 is 0. The monoisotopic (exact) mass is 431 g/mol. The van der Waals surface area contributed by atoms with Crippen molar-refractivity contribution in [2.75, 3.05) is 0 Å². The lowest BCUT2D eigenvalue weighted by Crippen LogP contribution is -2.09. The summed E-state index contributed by atoms with van der Waals surface area (Å²) in [5.41, 5.74) is 0.695. The van der Waals surface area contributed by atoms with Crippen LogP contribution in [0, 0.1) is 0 Å². The van der Waals surface area contributed by atoms with E-state index in [1.807, 2.05) is 42.5 Å². The average molecular weight is 432 g/mol. The quantitative estimate of drug-likeness (QED) is 0.207. The van der Waals surface area contributed by atoms with Gasteiger partial charge in [-0.15, -0.1) is 0 Å². The van der Waals surface area contributed by atoms with Crippen LogP contribution < -0.4 is 9.47 Å². The van der Waals surface area contributed by atoms with Crippen molar-refractivity contribution in [1.82, 2.24) is 0 Å². The Hall–Kier alpha value is -3.57. The highest BCUT2D eigenvalue weighted by molar-refractivity contribution is 7.97. The van der Waals surface area contributed by atoms with Crippen LogP contribution in [0.4, 0.5) is 0 Å². The molecule has 4 nitrogen and oxygen atoms in total. The summed E-state index contributed by atoms with van der Waals surface area (Å²) in [5, 5.41) is 0. The first-order valence-electron chi connectivity index (χ1n) is 9.60. The molecule has 31 heavy (non-hydrogen) atoms. The summed E-state index contributed by atoms with van der Waals surface area (Å²) in [6.45, 7) is 10.4. The van der Waals surface area contributed by atoms with Gasteiger partial charge >= 0.3 is 11.9 Å². The molecule has 0 bridgehead atoms. The zero-order valence-electron chi connectivity index (χ0n) is 17.5. The van der Waals surface area contributed by atoms with E-state index in [0.717, 1.165) is 14.7 Å². The maximum absolute atomic E-state index is 11.8. The van der Waals surface area contributed by atoms with Crippen molar-refractivity contribution in [3.8, 4) is 11.5 Å². The third-order valence-corrected chi connectivity index (χ3v) is 6.45. The number of carbonyl (C=O) groups excluding carboxylic acids is 2. The average Bonchev–Trinajstić information content (AvgIpc) is 2.77. The number of ether oxygens (including phenoxy) is 2. The Balaban J connectivity index is 1.91. The number of hydrogen-bond donors (Lipinski definition) is 0. The Morgan fingerprint density at radius 3 is 1.32 bits per heavy atom. The van der Waals surface area contributed by atoms with Crippen molar-refractivity contribution < 1.29 is 19.1 Å². The lowest BCUT2D eigenvalue weighted by molar-refractivity contribution is -0.130. The Labute approximate surface area is 185 Å². The van der Waals surface area contributed by atoms with Crippen molar-refractivity contribution in [3.63, 3.8) is 0 Å². The van der Waals surface area contributed by atoms with E-state index in [2.05, 4.69) is 25.3 Å². The summed E-state index contributed by atoms with van der Waals surface area (Å²) in [6.07, 6.45) is 0. The molecule has 3 rings (SSSR count). The minimum absolute atomic E-state index is 0.348. The predicted molar refractivity (Wildman–Crippen MR) is 122 cm³/mol. The molecule has 0 atom stereocenters. The highest BCUT2D eigenvalue weighted by Crippen LogP contribution is 2.33. The number of rotatable bonds is 7. The zero-order valence-corrected chi connectivity index (χ0v) is 18.3. The third kappa shape index (κ3) is 5.74. The van der Waals surface area contributed by atoms with Gasteiger partial charge < -0.3 is 9.47 Å². The minimum atomic E-state index is -0.449. The SMILES string of the molecule is C=C(C)C(=O)Oc1ccc([S+](c2ccccc2)c2ccc(OC(=O)C(=C)C)cc2)cc1. The van der Waals surface area contributed by atoms with Gasteiger partial charge in [-0.3, -0.25) is 0 Å². The first kappa shape index (κ1) is 22.1. The number of carbonyl (C=O) groups is 2. The molecule has 0 aliphatic rings. The summed E-state index contributed by atoms with van der Waals surface area (Å²) in [4.78, 5) is 26.8. The molecule has 0 saturated carbocycles. The van der Waals surface area contributed by atoms with E-state index < -0.39 is 22.8 Å². The zero-order chi connectivity index (χ0) is 22.4. The van der Waals surface area contributed by atoms with E-state index >= 15 is 0 Å². The minimum Gasteiger partial charge on any atom is -0.423 e. The molecular weight excluding hydrogens is 408 g/mol. The van der Waals surface area contributed by atoms with Gasteiger partial charge in [-0.1, -0.05) is 31.4 Å². The Bertz CT molecular complexity index is 1030. The Morgan fingerprint density at radius 2 is 0.968 bits per heavy atom. The smallest absolute Gasteiger partial charge is 0.338 e. The lowest BCUT2D eigenvalue weighted by Gasteiger charge is -2.10. The highest BCUT2D eigenvalue weighted by Gasteiger charge is 2.28. The van der Waals surface area contributed by atoms with Crippen molar-refractivity contribution >= 4 is 22.8 Å². The van der Waals surface area contributed by atoms with Gasteiger partial charge in [0.2, 0.25) is 0 Å². The molecule has 0 aliphatic heterocycles. The molecule has 0 unspecified atom stereocenters. The van der Waals surface area contributed by atoms with Crippen molar-refractivity contribution in [2.45, 2.75) is 28.5 Å². The van der Waals surface area contributed by atoms with Gasteiger partial charge in [-0.05, 0) is 74.5 Å². The van der Waals surface area contributed by atoms with E-state index in [9.17, 15) is 9.59 Å². The number of esters is 2. The first-order chi connectivity index (χ1) is 14.8. The van der Waals surface area contributed by atoms with Crippen LogP contribution in [0.15, 0.2) is 118 Å². The van der Waals surface area contributed by atoms with Crippen molar-refractivity contribution in [3.05, 3.63) is 103 Å². The van der Waals surface area contributed by atoms with Gasteiger partial charge in [0.1, 0.15) is 11.5 Å². The predicted octanol–water partition coefficient (Wildman–Crippen LogP) is 5.75. The molecule has 0 aliphatic carbocycles. The van der Waals surface area contributed by atoms with Gasteiger partial charge in [0.05, 0.1) is 10.9 Å². The standard InChI is InChI=1S/C26H23O4S/c1-18(2)25(27)29-20-10-14-23(15-11-20)31(22-8-6-5-7-9-22)24-16-12-21(13-17-24)30-26(28)19(3)4/h5-17H,1,3H2,2,4H3/q+1. The first-order valence-corrected chi connectivity index (χ1v) is 10.8. The highest BCUT2D eigenvalue weighted by atomic mass is 32.2. The fourth-order valence-electron chi connectivity index (χ4n) is 2.64. The largest absolute Gasteiger partial charge is 0.423 e. The number of hydrogen-bond acceptors (Lipinski definition) is 4. The van der Waals surface area contributed by atoms with Crippen LogP contribution in [0.3, 0.4) is 0 Å². The molecule has 0 aromatic heterocycles. The molecular formula is C26H23O4S+. The van der Waals surface area contributed by atoms with Gasteiger partial charge in [-0.25, -0.2) is 9.59 Å². The molecule has 156 valence electrons. The fourth-order valence-corrected chi connectivity index (χ4v) is 4.70. The molecule has 5 heteroatoms. The molecule has 0 radical (unpaired) electrons. The summed E-state index contributed by atoms with van der Waals surface area (Å²) in [7, 11) is -0.390. The summed E-state index contributed by atoms with van der Waals surface area (Å²) < 4.78 is 10.6. The fraction of sp³-hybridized carbons (Fsp3) is 0.0769. The van der Waals surface area contributed by atoms with E-state index in [0.29, 0.717) is 22.6 Å². The molecule has 0 fully saturated rings. The van der Waals surface area contributed by atoms with E-state index in [-0.39, 0.29) is 0 Å². The second-order valence-corrected chi connectivity index (χ2v) is 8.93. The number of benzene rings is 3. The third-order valence-electron chi connectivity index (χ3n) is 4.22. The lowest BCUT2D eigenvalue weighted by atomic mass is 10.3. The maximum Gasteiger partial charge on any atom is 0.338 e. The van der Waals surface area contributed by atoms with Gasteiger partial charge in [0, 0.05) is 11.1 Å². The van der Waals surface area contributed by atoms with Gasteiger partial charge in [0.25, 0.3) is 0 Å². The topological polar surface area (TPSA) is 52.6 Å². The molecule has 0 spiro atoms. The van der Waals surface area contributed by atoms with Crippen LogP contribution in [0.5, 0.6) is 11.5 Å². The Morgan fingerprint density at radius 1 is 0.613 bits per heavy atom. The van der Waals surface area contributed by atoms with Crippen LogP contribution in [0.25, 0.3) is 0 Å². The van der Waals surface area contributed by atoms with Gasteiger partial charge in [-0.2, -0.15) is 0 Å². The molecule has 0 heterocycles. The van der Waals surface area contributed by atoms with Crippen LogP contribution in [0.1, 0.15) is 13.8 Å². The van der Waals surface area contributed by atoms with E-state index in [1.165, 1.54) is 0 Å². The summed E-state index contributed by atoms with van der Waals surface area (Å²) in [5.74, 6) is 0.0373. The van der Waals surface area contributed by atoms with Crippen molar-refractivity contribution in [2.24, 2.45) is 0 Å². The van der Waals surface area contributed by atoms with Gasteiger partial charge in [0.15, 0.2) is 14.7 Å². The molecule has 3 aromatic rings. The molecule has 3 aromatic carbocycles. The van der Waals surface area contributed by atoms with E-state index in [4.69, 9.17) is 9.47 Å². The molecule has 0 saturated heterocycles. The second-order valence-electron chi connectivity index (χ2n) is 6.90. The van der Waals surface area contributed by atoms with E-state index in [1.54, 1.807) is 38.1 Å². The second kappa shape index (κ2) is 9.96. The van der Waals surface area contributed by atoms with Crippen molar-refractivity contribution in [1.29, 1.82) is 0 Å². The molecule has 0 amide bonds. The van der Waals surface area contributed by atoms with Crippen LogP contribution in [0.2, 0.25) is 0 Å². The van der Waals surface area contributed by atoms with Crippen LogP contribution in [-0.2, 0) is 20.5 Å². The van der Waals surface area contributed by atoms with Crippen LogP contribution >= 0.6 is 0 Å². The summed E-state index contributed by atoms with van der Waals surface area (Å²) in [6, 6.07) is 25.1.